The van der Waals surface area contributed by atoms with Crippen LogP contribution in [0.2, 0.25) is 0 Å². The molecule has 0 spiro atoms. The number of amides is 1. The molecular formula is C13H16BrNO. The highest BCUT2D eigenvalue weighted by Gasteiger charge is 2.02. The van der Waals surface area contributed by atoms with Crippen molar-refractivity contribution >= 4 is 21.8 Å². The van der Waals surface area contributed by atoms with Gasteiger partial charge in [0, 0.05) is 16.6 Å². The van der Waals surface area contributed by atoms with Crippen molar-refractivity contribution in [1.82, 2.24) is 5.32 Å². The Bertz CT molecular complexity index is 381. The van der Waals surface area contributed by atoms with Crippen molar-refractivity contribution in [2.75, 3.05) is 0 Å². The second-order valence-corrected chi connectivity index (χ2v) is 4.52. The number of nitrogens with one attached hydrogen (secondary N) is 1. The summed E-state index contributed by atoms with van der Waals surface area (Å²) in [4.78, 5) is 11.6. The van der Waals surface area contributed by atoms with Crippen LogP contribution in [-0.2, 0) is 11.3 Å². The fourth-order valence-electron chi connectivity index (χ4n) is 1.32. The van der Waals surface area contributed by atoms with E-state index in [0.717, 1.165) is 22.0 Å². The maximum atomic E-state index is 11.6. The Hall–Kier alpha value is -1.09. The van der Waals surface area contributed by atoms with E-state index in [2.05, 4.69) is 21.2 Å². The molecular weight excluding hydrogens is 266 g/mol. The van der Waals surface area contributed by atoms with E-state index in [4.69, 9.17) is 0 Å². The molecule has 0 aliphatic heterocycles. The van der Waals surface area contributed by atoms with Crippen molar-refractivity contribution in [3.63, 3.8) is 0 Å². The SMILES string of the molecule is CC/C=C(/C)C(=O)NCc1ccc(Br)cc1. The van der Waals surface area contributed by atoms with E-state index in [1.165, 1.54) is 0 Å². The molecule has 86 valence electrons. The van der Waals surface area contributed by atoms with Gasteiger partial charge in [0.25, 0.3) is 0 Å². The lowest BCUT2D eigenvalue weighted by atomic mass is 10.2. The van der Waals surface area contributed by atoms with Crippen molar-refractivity contribution in [2.24, 2.45) is 0 Å². The van der Waals surface area contributed by atoms with Gasteiger partial charge in [-0.25, -0.2) is 0 Å². The van der Waals surface area contributed by atoms with Crippen molar-refractivity contribution in [1.29, 1.82) is 0 Å². The summed E-state index contributed by atoms with van der Waals surface area (Å²) in [6, 6.07) is 7.92. The van der Waals surface area contributed by atoms with E-state index in [1.54, 1.807) is 0 Å². The van der Waals surface area contributed by atoms with Gasteiger partial charge < -0.3 is 5.32 Å². The van der Waals surface area contributed by atoms with Crippen LogP contribution in [0.25, 0.3) is 0 Å². The van der Waals surface area contributed by atoms with Gasteiger partial charge in [0.2, 0.25) is 5.91 Å². The predicted octanol–water partition coefficient (Wildman–Crippen LogP) is 3.42. The van der Waals surface area contributed by atoms with Crippen LogP contribution in [0.3, 0.4) is 0 Å². The molecule has 0 fully saturated rings. The molecule has 1 amide bonds. The zero-order valence-electron chi connectivity index (χ0n) is 9.59. The first-order valence-corrected chi connectivity index (χ1v) is 6.12. The third-order valence-electron chi connectivity index (χ3n) is 2.23. The van der Waals surface area contributed by atoms with Gasteiger partial charge in [0.15, 0.2) is 0 Å². The molecule has 0 saturated carbocycles. The minimum absolute atomic E-state index is 0.00442. The molecule has 0 atom stereocenters. The molecule has 0 heterocycles. The summed E-state index contributed by atoms with van der Waals surface area (Å²) in [5, 5.41) is 2.88. The second kappa shape index (κ2) is 6.48. The highest BCUT2D eigenvalue weighted by Crippen LogP contribution is 2.10. The number of benzene rings is 1. The van der Waals surface area contributed by atoms with Crippen LogP contribution in [-0.4, -0.2) is 5.91 Å². The van der Waals surface area contributed by atoms with Crippen molar-refractivity contribution in [3.8, 4) is 0 Å². The Morgan fingerprint density at radius 1 is 1.38 bits per heavy atom. The van der Waals surface area contributed by atoms with Crippen LogP contribution in [0.15, 0.2) is 40.4 Å². The lowest BCUT2D eigenvalue weighted by molar-refractivity contribution is -0.117. The van der Waals surface area contributed by atoms with E-state index in [-0.39, 0.29) is 5.91 Å². The number of rotatable bonds is 4. The average Bonchev–Trinajstić information content (AvgIpc) is 2.28. The molecule has 0 radical (unpaired) electrons. The number of hydrogen-bond acceptors (Lipinski definition) is 1. The second-order valence-electron chi connectivity index (χ2n) is 3.60. The van der Waals surface area contributed by atoms with Gasteiger partial charge in [0.05, 0.1) is 0 Å². The molecule has 0 unspecified atom stereocenters. The Morgan fingerprint density at radius 3 is 2.56 bits per heavy atom. The fraction of sp³-hybridized carbons (Fsp3) is 0.308. The average molecular weight is 282 g/mol. The standard InChI is InChI=1S/C13H16BrNO/c1-3-4-10(2)13(16)15-9-11-5-7-12(14)8-6-11/h4-8H,3,9H2,1-2H3,(H,15,16)/b10-4-. The van der Waals surface area contributed by atoms with Crippen LogP contribution < -0.4 is 5.32 Å². The van der Waals surface area contributed by atoms with Gasteiger partial charge in [-0.3, -0.25) is 4.79 Å². The quantitative estimate of drug-likeness (QED) is 0.842. The fourth-order valence-corrected chi connectivity index (χ4v) is 1.59. The monoisotopic (exact) mass is 281 g/mol. The molecule has 1 N–H and O–H groups in total. The lowest BCUT2D eigenvalue weighted by Crippen LogP contribution is -2.23. The number of carbonyl (C=O) groups excluding carboxylic acids is 1. The summed E-state index contributed by atoms with van der Waals surface area (Å²) < 4.78 is 1.05. The van der Waals surface area contributed by atoms with Gasteiger partial charge in [-0.15, -0.1) is 0 Å². The smallest absolute Gasteiger partial charge is 0.246 e. The molecule has 1 rings (SSSR count). The zero-order chi connectivity index (χ0) is 12.0. The summed E-state index contributed by atoms with van der Waals surface area (Å²) in [6.45, 7) is 4.42. The van der Waals surface area contributed by atoms with E-state index in [1.807, 2.05) is 44.2 Å². The first-order chi connectivity index (χ1) is 7.63. The van der Waals surface area contributed by atoms with Gasteiger partial charge in [-0.1, -0.05) is 41.1 Å². The van der Waals surface area contributed by atoms with Gasteiger partial charge in [0.1, 0.15) is 0 Å². The molecule has 0 aliphatic carbocycles. The molecule has 0 aliphatic rings. The maximum absolute atomic E-state index is 11.6. The van der Waals surface area contributed by atoms with Crippen LogP contribution in [0.1, 0.15) is 25.8 Å². The molecule has 0 aromatic heterocycles. The summed E-state index contributed by atoms with van der Waals surface area (Å²) >= 11 is 3.37. The zero-order valence-corrected chi connectivity index (χ0v) is 11.2. The summed E-state index contributed by atoms with van der Waals surface area (Å²) in [5.41, 5.74) is 1.88. The van der Waals surface area contributed by atoms with Gasteiger partial charge >= 0.3 is 0 Å². The van der Waals surface area contributed by atoms with Crippen LogP contribution in [0.5, 0.6) is 0 Å². The Balaban J connectivity index is 2.49. The van der Waals surface area contributed by atoms with E-state index in [9.17, 15) is 4.79 Å². The largest absolute Gasteiger partial charge is 0.348 e. The van der Waals surface area contributed by atoms with Crippen LogP contribution in [0.4, 0.5) is 0 Å². The molecule has 1 aromatic carbocycles. The van der Waals surface area contributed by atoms with Gasteiger partial charge in [-0.05, 0) is 31.0 Å². The highest BCUT2D eigenvalue weighted by atomic mass is 79.9. The van der Waals surface area contributed by atoms with Crippen molar-refractivity contribution in [2.45, 2.75) is 26.8 Å². The lowest BCUT2D eigenvalue weighted by Gasteiger charge is -2.05. The van der Waals surface area contributed by atoms with Gasteiger partial charge in [-0.2, -0.15) is 0 Å². The Morgan fingerprint density at radius 2 is 2.00 bits per heavy atom. The highest BCUT2D eigenvalue weighted by molar-refractivity contribution is 9.10. The summed E-state index contributed by atoms with van der Waals surface area (Å²) in [5.74, 6) is 0.00442. The topological polar surface area (TPSA) is 29.1 Å². The van der Waals surface area contributed by atoms with E-state index < -0.39 is 0 Å². The van der Waals surface area contributed by atoms with Crippen molar-refractivity contribution < 1.29 is 4.79 Å². The molecule has 0 bridgehead atoms. The van der Waals surface area contributed by atoms with E-state index >= 15 is 0 Å². The molecule has 0 saturated heterocycles. The molecule has 3 heteroatoms. The molecule has 1 aromatic rings. The minimum atomic E-state index is 0.00442. The number of halogens is 1. The Labute approximate surface area is 105 Å². The number of carbonyl (C=O) groups is 1. The van der Waals surface area contributed by atoms with E-state index in [0.29, 0.717) is 6.54 Å². The predicted molar refractivity (Wildman–Crippen MR) is 70.0 cm³/mol. The summed E-state index contributed by atoms with van der Waals surface area (Å²) in [6.07, 6.45) is 2.81. The normalized spacial score (nSPS) is 11.3. The maximum Gasteiger partial charge on any atom is 0.246 e. The summed E-state index contributed by atoms with van der Waals surface area (Å²) in [7, 11) is 0. The Kier molecular flexibility index (Phi) is 5.26. The first kappa shape index (κ1) is 13.0. The third-order valence-corrected chi connectivity index (χ3v) is 2.76. The molecule has 16 heavy (non-hydrogen) atoms. The molecule has 2 nitrogen and oxygen atoms in total. The third kappa shape index (κ3) is 4.19. The minimum Gasteiger partial charge on any atom is -0.348 e. The number of hydrogen-bond donors (Lipinski definition) is 1. The van der Waals surface area contributed by atoms with Crippen LogP contribution >= 0.6 is 15.9 Å². The first-order valence-electron chi connectivity index (χ1n) is 5.33. The van der Waals surface area contributed by atoms with Crippen molar-refractivity contribution in [3.05, 3.63) is 46.0 Å². The number of allylic oxidation sites excluding steroid dienone is 1. The van der Waals surface area contributed by atoms with Crippen LogP contribution in [0, 0.1) is 0 Å².